The van der Waals surface area contributed by atoms with Gasteiger partial charge < -0.3 is 14.0 Å². The summed E-state index contributed by atoms with van der Waals surface area (Å²) in [6.07, 6.45) is 7.10. The Morgan fingerprint density at radius 1 is 1.00 bits per heavy atom. The van der Waals surface area contributed by atoms with Crippen LogP contribution in [0.3, 0.4) is 0 Å². The Morgan fingerprint density at radius 2 is 1.69 bits per heavy atom. The molecule has 0 spiro atoms. The van der Waals surface area contributed by atoms with E-state index in [1.165, 1.54) is 24.0 Å². The van der Waals surface area contributed by atoms with E-state index in [1.807, 2.05) is 36.5 Å². The molecular weight excluding hydrogens is 398 g/mol. The van der Waals surface area contributed by atoms with Gasteiger partial charge in [0.2, 0.25) is 5.90 Å². The molecule has 0 atom stereocenters. The Balaban J connectivity index is 1.47. The van der Waals surface area contributed by atoms with Gasteiger partial charge in [-0.25, -0.2) is 0 Å². The van der Waals surface area contributed by atoms with E-state index < -0.39 is 0 Å². The van der Waals surface area contributed by atoms with Crippen molar-refractivity contribution in [2.24, 2.45) is 4.99 Å². The fraction of sp³-hybridized carbons (Fsp3) is 0.333. The van der Waals surface area contributed by atoms with Crippen LogP contribution in [0.25, 0.3) is 0 Å². The zero-order valence-electron chi connectivity index (χ0n) is 19.1. The largest absolute Gasteiger partial charge is 0.490 e. The van der Waals surface area contributed by atoms with Crippen molar-refractivity contribution >= 4 is 11.7 Å². The van der Waals surface area contributed by atoms with Gasteiger partial charge in [-0.2, -0.15) is 4.99 Å². The third kappa shape index (κ3) is 5.28. The highest BCUT2D eigenvalue weighted by Gasteiger charge is 2.16. The average molecular weight is 430 g/mol. The molecule has 0 bridgehead atoms. The molecule has 0 amide bonds. The molecule has 1 fully saturated rings. The first-order valence-electron chi connectivity index (χ1n) is 11.2. The summed E-state index contributed by atoms with van der Waals surface area (Å²) in [7, 11) is 1.59. The van der Waals surface area contributed by atoms with Gasteiger partial charge in [0, 0.05) is 24.0 Å². The van der Waals surface area contributed by atoms with Crippen molar-refractivity contribution in [3.05, 3.63) is 88.7 Å². The summed E-state index contributed by atoms with van der Waals surface area (Å²) in [6, 6.07) is 18.2. The lowest BCUT2D eigenvalue weighted by Gasteiger charge is -2.13. The summed E-state index contributed by atoms with van der Waals surface area (Å²) < 4.78 is 13.7. The van der Waals surface area contributed by atoms with E-state index in [2.05, 4.69) is 47.7 Å². The molecule has 0 saturated heterocycles. The van der Waals surface area contributed by atoms with Crippen LogP contribution in [0.4, 0.5) is 0 Å². The van der Waals surface area contributed by atoms with Crippen LogP contribution >= 0.6 is 0 Å². The standard InChI is InChI=1S/C27H31N3O2/c1-19-8-10-21(11-9-19)17-30-18-23(16-20(30)2)27(31-3)29-26(28)22-12-14-25(15-13-22)32-24-6-4-5-7-24/h8-16,18,24,28H,4-7,17H2,1-3H3. The van der Waals surface area contributed by atoms with E-state index in [4.69, 9.17) is 14.9 Å². The Kier molecular flexibility index (Phi) is 6.74. The minimum Gasteiger partial charge on any atom is -0.490 e. The van der Waals surface area contributed by atoms with Crippen molar-refractivity contribution in [2.45, 2.75) is 52.2 Å². The molecule has 0 unspecified atom stereocenters. The van der Waals surface area contributed by atoms with Crippen LogP contribution in [0.2, 0.25) is 0 Å². The van der Waals surface area contributed by atoms with Crippen LogP contribution in [-0.4, -0.2) is 29.5 Å². The van der Waals surface area contributed by atoms with Gasteiger partial charge in [-0.3, -0.25) is 5.41 Å². The number of aromatic nitrogens is 1. The predicted octanol–water partition coefficient (Wildman–Crippen LogP) is 5.89. The third-order valence-corrected chi connectivity index (χ3v) is 5.97. The fourth-order valence-corrected chi connectivity index (χ4v) is 4.08. The molecule has 5 heteroatoms. The highest BCUT2D eigenvalue weighted by Crippen LogP contribution is 2.24. The minimum absolute atomic E-state index is 0.165. The smallest absolute Gasteiger partial charge is 0.224 e. The maximum atomic E-state index is 8.45. The predicted molar refractivity (Wildman–Crippen MR) is 129 cm³/mol. The van der Waals surface area contributed by atoms with Crippen molar-refractivity contribution in [3.8, 4) is 5.75 Å². The van der Waals surface area contributed by atoms with E-state index in [0.29, 0.717) is 12.0 Å². The lowest BCUT2D eigenvalue weighted by atomic mass is 10.1. The summed E-state index contributed by atoms with van der Waals surface area (Å²) in [5.74, 6) is 1.46. The molecule has 0 aliphatic heterocycles. The van der Waals surface area contributed by atoms with Crippen molar-refractivity contribution in [1.29, 1.82) is 5.41 Å². The number of nitrogens with zero attached hydrogens (tertiary/aromatic N) is 2. The van der Waals surface area contributed by atoms with Gasteiger partial charge >= 0.3 is 0 Å². The minimum atomic E-state index is 0.165. The van der Waals surface area contributed by atoms with Gasteiger partial charge in [0.05, 0.1) is 18.8 Å². The van der Waals surface area contributed by atoms with Crippen LogP contribution in [0.15, 0.2) is 65.8 Å². The zero-order chi connectivity index (χ0) is 22.5. The van der Waals surface area contributed by atoms with Crippen LogP contribution in [0, 0.1) is 19.3 Å². The van der Waals surface area contributed by atoms with Gasteiger partial charge in [0.15, 0.2) is 5.84 Å². The summed E-state index contributed by atoms with van der Waals surface area (Å²) >= 11 is 0. The quantitative estimate of drug-likeness (QED) is 0.392. The van der Waals surface area contributed by atoms with Crippen molar-refractivity contribution in [3.63, 3.8) is 0 Å². The molecule has 1 aliphatic carbocycles. The molecule has 5 nitrogen and oxygen atoms in total. The lowest BCUT2D eigenvalue weighted by Crippen LogP contribution is -2.11. The number of ether oxygens (including phenoxy) is 2. The first-order valence-corrected chi connectivity index (χ1v) is 11.2. The summed E-state index contributed by atoms with van der Waals surface area (Å²) in [4.78, 5) is 4.47. The Labute approximate surface area is 190 Å². The highest BCUT2D eigenvalue weighted by atomic mass is 16.5. The topological polar surface area (TPSA) is 59.6 Å². The average Bonchev–Trinajstić information content (AvgIpc) is 3.44. The molecule has 0 radical (unpaired) electrons. The fourth-order valence-electron chi connectivity index (χ4n) is 4.08. The molecule has 2 aromatic carbocycles. The zero-order valence-corrected chi connectivity index (χ0v) is 19.1. The molecule has 1 aromatic heterocycles. The SMILES string of the molecule is COC(=NC(=N)c1ccc(OC2CCCC2)cc1)c1cc(C)n(Cc2ccc(C)cc2)c1. The maximum Gasteiger partial charge on any atom is 0.224 e. The van der Waals surface area contributed by atoms with Crippen molar-refractivity contribution in [2.75, 3.05) is 7.11 Å². The Morgan fingerprint density at radius 3 is 2.34 bits per heavy atom. The van der Waals surface area contributed by atoms with Crippen LogP contribution in [0.1, 0.15) is 53.6 Å². The van der Waals surface area contributed by atoms with Gasteiger partial charge in [0.1, 0.15) is 5.75 Å². The van der Waals surface area contributed by atoms with Gasteiger partial charge in [-0.15, -0.1) is 0 Å². The Bertz CT molecular complexity index is 1090. The summed E-state index contributed by atoms with van der Waals surface area (Å²) in [6.45, 7) is 4.94. The molecule has 166 valence electrons. The second-order valence-corrected chi connectivity index (χ2v) is 8.50. The van der Waals surface area contributed by atoms with E-state index in [9.17, 15) is 0 Å². The van der Waals surface area contributed by atoms with Gasteiger partial charge in [-0.1, -0.05) is 29.8 Å². The first-order chi connectivity index (χ1) is 15.5. The third-order valence-electron chi connectivity index (χ3n) is 5.97. The van der Waals surface area contributed by atoms with E-state index >= 15 is 0 Å². The number of methoxy groups -OCH3 is 1. The normalized spacial score (nSPS) is 14.5. The van der Waals surface area contributed by atoms with Gasteiger partial charge in [-0.05, 0) is 75.4 Å². The molecule has 4 rings (SSSR count). The number of nitrogens with one attached hydrogen (secondary N) is 1. The molecule has 1 N–H and O–H groups in total. The van der Waals surface area contributed by atoms with Crippen LogP contribution in [0.5, 0.6) is 5.75 Å². The molecule has 32 heavy (non-hydrogen) atoms. The molecule has 1 saturated carbocycles. The molecule has 1 aliphatic rings. The number of aryl methyl sites for hydroxylation is 2. The monoisotopic (exact) mass is 429 g/mol. The van der Waals surface area contributed by atoms with Crippen LogP contribution < -0.4 is 4.74 Å². The highest BCUT2D eigenvalue weighted by molar-refractivity contribution is 6.08. The second-order valence-electron chi connectivity index (χ2n) is 8.50. The number of amidine groups is 1. The maximum absolute atomic E-state index is 8.45. The lowest BCUT2D eigenvalue weighted by molar-refractivity contribution is 0.210. The van der Waals surface area contributed by atoms with Crippen LogP contribution in [-0.2, 0) is 11.3 Å². The summed E-state index contributed by atoms with van der Waals surface area (Å²) in [5, 5.41) is 8.45. The number of rotatable bonds is 6. The van der Waals surface area contributed by atoms with Gasteiger partial charge in [0.25, 0.3) is 0 Å². The van der Waals surface area contributed by atoms with E-state index in [-0.39, 0.29) is 5.84 Å². The van der Waals surface area contributed by atoms with E-state index in [0.717, 1.165) is 42.0 Å². The molecular formula is C27H31N3O2. The number of hydrogen-bond acceptors (Lipinski definition) is 3. The Hall–Kier alpha value is -3.34. The van der Waals surface area contributed by atoms with E-state index in [1.54, 1.807) is 7.11 Å². The number of aliphatic imine (C=N–C) groups is 1. The first kappa shape index (κ1) is 21.9. The van der Waals surface area contributed by atoms with Crippen molar-refractivity contribution < 1.29 is 9.47 Å². The second kappa shape index (κ2) is 9.86. The molecule has 3 aromatic rings. The van der Waals surface area contributed by atoms with Crippen molar-refractivity contribution in [1.82, 2.24) is 4.57 Å². The number of hydrogen-bond donors (Lipinski definition) is 1. The number of benzene rings is 2. The summed E-state index contributed by atoms with van der Waals surface area (Å²) in [5.41, 5.74) is 5.20. The molecule has 1 heterocycles.